The van der Waals surface area contributed by atoms with Gasteiger partial charge in [0, 0.05) is 13.0 Å². The molecule has 0 aliphatic carbocycles. The molecule has 1 aliphatic heterocycles. The van der Waals surface area contributed by atoms with Crippen molar-refractivity contribution in [3.8, 4) is 16.9 Å². The highest BCUT2D eigenvalue weighted by molar-refractivity contribution is 5.74. The number of cyclic esters (lactones) is 1. The van der Waals surface area contributed by atoms with Gasteiger partial charge in [0.2, 0.25) is 0 Å². The molecule has 0 unspecified atom stereocenters. The number of benzene rings is 2. The van der Waals surface area contributed by atoms with Crippen molar-refractivity contribution in [3.63, 3.8) is 0 Å². The van der Waals surface area contributed by atoms with Crippen LogP contribution in [0, 0.1) is 0 Å². The SMILES string of the molecule is CCCO[C@H]1CCC[C@H]([NH3+])C(=O)O[C@@H](C)[C@@H]1Oc1ccc(-c2ccccc2)cc1. The third-order valence-corrected chi connectivity index (χ3v) is 5.28. The van der Waals surface area contributed by atoms with Crippen LogP contribution >= 0.6 is 0 Å². The Kier molecular flexibility index (Phi) is 7.67. The lowest BCUT2D eigenvalue weighted by Crippen LogP contribution is -2.65. The van der Waals surface area contributed by atoms with E-state index in [0.29, 0.717) is 13.0 Å². The van der Waals surface area contributed by atoms with Crippen molar-refractivity contribution >= 4 is 5.97 Å². The molecule has 0 bridgehead atoms. The third kappa shape index (κ3) is 5.81. The molecule has 1 fully saturated rings. The first-order valence-corrected chi connectivity index (χ1v) is 10.6. The predicted molar refractivity (Wildman–Crippen MR) is 112 cm³/mol. The Morgan fingerprint density at radius 2 is 1.72 bits per heavy atom. The molecule has 29 heavy (non-hydrogen) atoms. The summed E-state index contributed by atoms with van der Waals surface area (Å²) in [5.74, 6) is 0.481. The minimum absolute atomic E-state index is 0.128. The summed E-state index contributed by atoms with van der Waals surface area (Å²) >= 11 is 0. The maximum Gasteiger partial charge on any atom is 0.365 e. The Balaban J connectivity index is 1.78. The van der Waals surface area contributed by atoms with Crippen LogP contribution in [0.5, 0.6) is 5.75 Å². The van der Waals surface area contributed by atoms with Gasteiger partial charge in [-0.05, 0) is 49.4 Å². The molecule has 2 aromatic carbocycles. The summed E-state index contributed by atoms with van der Waals surface area (Å²) in [5.41, 5.74) is 6.23. The highest BCUT2D eigenvalue weighted by atomic mass is 16.6. The molecule has 1 aliphatic rings. The number of carbonyl (C=O) groups is 1. The first-order chi connectivity index (χ1) is 14.1. The van der Waals surface area contributed by atoms with Gasteiger partial charge < -0.3 is 19.9 Å². The van der Waals surface area contributed by atoms with Crippen LogP contribution in [0.15, 0.2) is 54.6 Å². The summed E-state index contributed by atoms with van der Waals surface area (Å²) in [6.45, 7) is 4.62. The number of rotatable bonds is 6. The van der Waals surface area contributed by atoms with Gasteiger partial charge in [-0.25, -0.2) is 4.79 Å². The quantitative estimate of drug-likeness (QED) is 0.755. The van der Waals surface area contributed by atoms with Crippen LogP contribution in [0.4, 0.5) is 0 Å². The van der Waals surface area contributed by atoms with Crippen molar-refractivity contribution in [2.45, 2.75) is 63.9 Å². The van der Waals surface area contributed by atoms with E-state index in [9.17, 15) is 4.79 Å². The lowest BCUT2D eigenvalue weighted by molar-refractivity contribution is -0.410. The van der Waals surface area contributed by atoms with Crippen LogP contribution in [0.25, 0.3) is 11.1 Å². The summed E-state index contributed by atoms with van der Waals surface area (Å²) in [5, 5.41) is 0. The third-order valence-electron chi connectivity index (χ3n) is 5.28. The van der Waals surface area contributed by atoms with E-state index in [2.05, 4.69) is 24.8 Å². The number of hydrogen-bond acceptors (Lipinski definition) is 4. The standard InChI is InChI=1S/C24H31NO4/c1-3-16-27-22-11-7-10-21(25)24(26)28-17(2)23(22)29-20-14-12-19(13-15-20)18-8-5-4-6-9-18/h4-6,8-9,12-15,17,21-23H,3,7,10-11,16,25H2,1-2H3/p+1/t17-,21-,22-,23-/m0/s1. The van der Waals surface area contributed by atoms with E-state index in [-0.39, 0.29) is 24.2 Å². The molecule has 156 valence electrons. The predicted octanol–water partition coefficient (Wildman–Crippen LogP) is 3.62. The molecule has 2 aromatic rings. The second-order valence-electron chi connectivity index (χ2n) is 7.65. The van der Waals surface area contributed by atoms with Gasteiger partial charge in [-0.3, -0.25) is 0 Å². The van der Waals surface area contributed by atoms with E-state index in [1.54, 1.807) is 0 Å². The van der Waals surface area contributed by atoms with Gasteiger partial charge in [0.15, 0.2) is 12.1 Å². The number of ether oxygens (including phenoxy) is 3. The number of hydrogen-bond donors (Lipinski definition) is 1. The average molecular weight is 399 g/mol. The van der Waals surface area contributed by atoms with Crippen molar-refractivity contribution in [2.24, 2.45) is 0 Å². The van der Waals surface area contributed by atoms with Crippen LogP contribution in [-0.2, 0) is 14.3 Å². The second kappa shape index (κ2) is 10.4. The fourth-order valence-electron chi connectivity index (χ4n) is 3.63. The van der Waals surface area contributed by atoms with Crippen LogP contribution < -0.4 is 10.5 Å². The number of esters is 1. The minimum atomic E-state index is -0.416. The van der Waals surface area contributed by atoms with E-state index in [4.69, 9.17) is 14.2 Å². The molecule has 4 atom stereocenters. The molecule has 1 heterocycles. The summed E-state index contributed by atoms with van der Waals surface area (Å²) < 4.78 is 18.1. The molecule has 5 heteroatoms. The molecule has 0 amide bonds. The first-order valence-electron chi connectivity index (χ1n) is 10.6. The van der Waals surface area contributed by atoms with Crippen molar-refractivity contribution < 1.29 is 24.7 Å². The summed E-state index contributed by atoms with van der Waals surface area (Å²) in [6, 6.07) is 17.9. The molecule has 0 radical (unpaired) electrons. The zero-order valence-electron chi connectivity index (χ0n) is 17.4. The Morgan fingerprint density at radius 1 is 1.03 bits per heavy atom. The van der Waals surface area contributed by atoms with Crippen molar-refractivity contribution in [1.29, 1.82) is 0 Å². The molecule has 5 nitrogen and oxygen atoms in total. The van der Waals surface area contributed by atoms with Gasteiger partial charge in [-0.1, -0.05) is 49.4 Å². The van der Waals surface area contributed by atoms with Gasteiger partial charge in [-0.2, -0.15) is 0 Å². The molecule has 0 aromatic heterocycles. The van der Waals surface area contributed by atoms with E-state index in [1.807, 2.05) is 49.4 Å². The Labute approximate surface area is 173 Å². The maximum atomic E-state index is 12.3. The molecule has 0 spiro atoms. The van der Waals surface area contributed by atoms with Crippen LogP contribution in [0.1, 0.15) is 39.5 Å². The lowest BCUT2D eigenvalue weighted by atomic mass is 10.0. The van der Waals surface area contributed by atoms with E-state index >= 15 is 0 Å². The first kappa shape index (κ1) is 21.3. The van der Waals surface area contributed by atoms with Crippen molar-refractivity contribution in [2.75, 3.05) is 6.61 Å². The molecule has 3 N–H and O–H groups in total. The van der Waals surface area contributed by atoms with E-state index in [0.717, 1.165) is 36.1 Å². The lowest BCUT2D eigenvalue weighted by Gasteiger charge is -2.31. The maximum absolute atomic E-state index is 12.3. The van der Waals surface area contributed by atoms with Gasteiger partial charge in [0.1, 0.15) is 11.9 Å². The fraction of sp³-hybridized carbons (Fsp3) is 0.458. The summed E-state index contributed by atoms with van der Waals surface area (Å²) in [6.07, 6.45) is 2.41. The molecule has 0 saturated carbocycles. The zero-order chi connectivity index (χ0) is 20.6. The minimum Gasteiger partial charge on any atom is -0.484 e. The van der Waals surface area contributed by atoms with E-state index < -0.39 is 6.10 Å². The number of quaternary nitrogens is 1. The highest BCUT2D eigenvalue weighted by Crippen LogP contribution is 2.26. The van der Waals surface area contributed by atoms with Gasteiger partial charge in [0.25, 0.3) is 0 Å². The van der Waals surface area contributed by atoms with Gasteiger partial charge >= 0.3 is 5.97 Å². The molecular weight excluding hydrogens is 366 g/mol. The fourth-order valence-corrected chi connectivity index (χ4v) is 3.63. The van der Waals surface area contributed by atoms with Crippen LogP contribution in [0.2, 0.25) is 0 Å². The van der Waals surface area contributed by atoms with Crippen molar-refractivity contribution in [1.82, 2.24) is 0 Å². The average Bonchev–Trinajstić information content (AvgIpc) is 2.79. The van der Waals surface area contributed by atoms with Crippen LogP contribution in [-0.4, -0.2) is 36.9 Å². The van der Waals surface area contributed by atoms with Crippen molar-refractivity contribution in [3.05, 3.63) is 54.6 Å². The second-order valence-corrected chi connectivity index (χ2v) is 7.65. The monoisotopic (exact) mass is 398 g/mol. The molecule has 1 saturated heterocycles. The molecular formula is C24H32NO4+. The molecule has 3 rings (SSSR count). The Bertz CT molecular complexity index is 762. The van der Waals surface area contributed by atoms with E-state index in [1.165, 1.54) is 0 Å². The summed E-state index contributed by atoms with van der Waals surface area (Å²) in [4.78, 5) is 12.3. The van der Waals surface area contributed by atoms with Crippen LogP contribution in [0.3, 0.4) is 0 Å². The topological polar surface area (TPSA) is 72.4 Å². The largest absolute Gasteiger partial charge is 0.484 e. The smallest absolute Gasteiger partial charge is 0.365 e. The summed E-state index contributed by atoms with van der Waals surface area (Å²) in [7, 11) is 0. The normalized spacial score (nSPS) is 25.4. The zero-order valence-corrected chi connectivity index (χ0v) is 17.4. The Hall–Kier alpha value is -2.37. The number of carbonyl (C=O) groups excluding carboxylic acids is 1. The highest BCUT2D eigenvalue weighted by Gasteiger charge is 2.35. The van der Waals surface area contributed by atoms with Gasteiger partial charge in [0.05, 0.1) is 6.10 Å². The Morgan fingerprint density at radius 3 is 2.41 bits per heavy atom. The van der Waals surface area contributed by atoms with Gasteiger partial charge in [-0.15, -0.1) is 0 Å².